The lowest BCUT2D eigenvalue weighted by atomic mass is 10.1. The fourth-order valence-corrected chi connectivity index (χ4v) is 5.13. The average molecular weight is 630 g/mol. The Morgan fingerprint density at radius 3 is 2.54 bits per heavy atom. The van der Waals surface area contributed by atoms with Crippen LogP contribution >= 0.6 is 39.3 Å². The number of hydrogen-bond acceptors (Lipinski definition) is 6. The molecule has 0 atom stereocenters. The predicted molar refractivity (Wildman–Crippen MR) is 159 cm³/mol. The van der Waals surface area contributed by atoms with E-state index in [1.165, 1.54) is 4.90 Å². The minimum atomic E-state index is -0.408. The Bertz CT molecular complexity index is 1480. The summed E-state index contributed by atoms with van der Waals surface area (Å²) in [5, 5.41) is 2.93. The summed E-state index contributed by atoms with van der Waals surface area (Å²) in [6.07, 6.45) is 1.59. The van der Waals surface area contributed by atoms with Gasteiger partial charge >= 0.3 is 0 Å². The molecule has 0 spiro atoms. The molecule has 1 aliphatic heterocycles. The summed E-state index contributed by atoms with van der Waals surface area (Å²) < 4.78 is 12.3. The van der Waals surface area contributed by atoms with Crippen LogP contribution in [0.1, 0.15) is 22.3 Å². The predicted octanol–water partition coefficient (Wildman–Crippen LogP) is 7.16. The number of halogens is 2. The van der Waals surface area contributed by atoms with Gasteiger partial charge < -0.3 is 14.8 Å². The van der Waals surface area contributed by atoms with E-state index in [0.29, 0.717) is 22.0 Å². The van der Waals surface area contributed by atoms with Gasteiger partial charge in [0.2, 0.25) is 0 Å². The van der Waals surface area contributed by atoms with Crippen molar-refractivity contribution in [1.29, 1.82) is 0 Å². The number of nitrogens with one attached hydrogen (secondary N) is 1. The molecule has 1 N–H and O–H groups in total. The van der Waals surface area contributed by atoms with E-state index < -0.39 is 5.91 Å². The summed E-state index contributed by atoms with van der Waals surface area (Å²) in [6, 6.07) is 16.3. The van der Waals surface area contributed by atoms with E-state index in [1.807, 2.05) is 45.0 Å². The molecule has 1 saturated heterocycles. The standard InChI is InChI=1S/C29H26BrClN2O5S/c1-17-4-5-19(3)25(12-17)37-11-10-33-28(35)26(39-29(33)36)14-20-13-21(30)7-9-24(20)38-16-27(34)32-22-8-6-18(2)23(31)15-22/h4-9,12-15H,10-11,16H2,1-3H3,(H,32,34)/b26-14-. The van der Waals surface area contributed by atoms with Crippen LogP contribution in [-0.2, 0) is 9.59 Å². The van der Waals surface area contributed by atoms with Gasteiger partial charge in [-0.2, -0.15) is 0 Å². The van der Waals surface area contributed by atoms with E-state index >= 15 is 0 Å². The molecule has 0 bridgehead atoms. The van der Waals surface area contributed by atoms with Gasteiger partial charge in [0, 0.05) is 20.7 Å². The topological polar surface area (TPSA) is 84.9 Å². The molecule has 202 valence electrons. The maximum Gasteiger partial charge on any atom is 0.293 e. The van der Waals surface area contributed by atoms with Crippen molar-refractivity contribution in [3.05, 3.63) is 91.3 Å². The number of hydrogen-bond donors (Lipinski definition) is 1. The lowest BCUT2D eigenvalue weighted by Crippen LogP contribution is -2.32. The molecule has 10 heteroatoms. The number of carbonyl (C=O) groups is 3. The van der Waals surface area contributed by atoms with Crippen LogP contribution in [0.4, 0.5) is 10.5 Å². The summed E-state index contributed by atoms with van der Waals surface area (Å²) in [5.41, 5.74) is 4.06. The van der Waals surface area contributed by atoms with E-state index in [2.05, 4.69) is 21.2 Å². The third kappa shape index (κ3) is 7.44. The van der Waals surface area contributed by atoms with Crippen molar-refractivity contribution >= 4 is 68.1 Å². The summed E-state index contributed by atoms with van der Waals surface area (Å²) in [4.78, 5) is 39.5. The third-order valence-corrected chi connectivity index (χ3v) is 7.67. The van der Waals surface area contributed by atoms with Gasteiger partial charge in [0.1, 0.15) is 18.1 Å². The second-order valence-electron chi connectivity index (χ2n) is 8.93. The van der Waals surface area contributed by atoms with Gasteiger partial charge in [0.05, 0.1) is 11.4 Å². The fourth-order valence-electron chi connectivity index (χ4n) is 3.72. The van der Waals surface area contributed by atoms with E-state index in [0.717, 1.165) is 38.7 Å². The van der Waals surface area contributed by atoms with Gasteiger partial charge in [-0.3, -0.25) is 19.3 Å². The Balaban J connectivity index is 1.41. The Morgan fingerprint density at radius 1 is 1.00 bits per heavy atom. The molecule has 1 heterocycles. The SMILES string of the molecule is Cc1ccc(C)c(OCCN2C(=O)S/C(=C\c3cc(Br)ccc3OCC(=O)Nc3ccc(C)c(Cl)c3)C2=O)c1. The van der Waals surface area contributed by atoms with Crippen molar-refractivity contribution in [3.8, 4) is 11.5 Å². The molecule has 4 rings (SSSR count). The number of nitrogens with zero attached hydrogens (tertiary/aromatic N) is 1. The average Bonchev–Trinajstić information content (AvgIpc) is 3.15. The first kappa shape index (κ1) is 28.7. The number of ether oxygens (including phenoxy) is 2. The number of thioether (sulfide) groups is 1. The van der Waals surface area contributed by atoms with Gasteiger partial charge in [-0.15, -0.1) is 0 Å². The van der Waals surface area contributed by atoms with Crippen molar-refractivity contribution in [2.75, 3.05) is 25.1 Å². The highest BCUT2D eigenvalue weighted by Gasteiger charge is 2.35. The number of rotatable bonds is 9. The smallest absolute Gasteiger partial charge is 0.293 e. The van der Waals surface area contributed by atoms with Gasteiger partial charge in [-0.1, -0.05) is 45.7 Å². The highest BCUT2D eigenvalue weighted by atomic mass is 79.9. The van der Waals surface area contributed by atoms with Crippen LogP contribution in [-0.4, -0.2) is 41.7 Å². The second kappa shape index (κ2) is 12.7. The molecule has 0 unspecified atom stereocenters. The van der Waals surface area contributed by atoms with Crippen LogP contribution < -0.4 is 14.8 Å². The molecule has 39 heavy (non-hydrogen) atoms. The number of imide groups is 1. The van der Waals surface area contributed by atoms with Crippen LogP contribution in [0.25, 0.3) is 6.08 Å². The molecular formula is C29H26BrClN2O5S. The number of anilines is 1. The summed E-state index contributed by atoms with van der Waals surface area (Å²) in [5.74, 6) is 0.339. The zero-order valence-electron chi connectivity index (χ0n) is 21.5. The monoisotopic (exact) mass is 628 g/mol. The molecule has 0 aliphatic carbocycles. The van der Waals surface area contributed by atoms with Crippen LogP contribution in [0.2, 0.25) is 5.02 Å². The highest BCUT2D eigenvalue weighted by molar-refractivity contribution is 9.10. The number of aryl methyl sites for hydroxylation is 3. The quantitative estimate of drug-likeness (QED) is 0.253. The van der Waals surface area contributed by atoms with Crippen LogP contribution in [0.5, 0.6) is 11.5 Å². The van der Waals surface area contributed by atoms with Crippen LogP contribution in [0, 0.1) is 20.8 Å². The van der Waals surface area contributed by atoms with E-state index in [1.54, 1.807) is 36.4 Å². The lowest BCUT2D eigenvalue weighted by Gasteiger charge is -2.14. The largest absolute Gasteiger partial charge is 0.491 e. The third-order valence-electron chi connectivity index (χ3n) is 5.86. The fraction of sp³-hybridized carbons (Fsp3) is 0.207. The van der Waals surface area contributed by atoms with Gasteiger partial charge in [0.25, 0.3) is 17.1 Å². The van der Waals surface area contributed by atoms with E-state index in [9.17, 15) is 14.4 Å². The number of amides is 3. The summed E-state index contributed by atoms with van der Waals surface area (Å²) in [7, 11) is 0. The van der Waals surface area contributed by atoms with Crippen molar-refractivity contribution in [2.45, 2.75) is 20.8 Å². The van der Waals surface area contributed by atoms with Crippen molar-refractivity contribution in [3.63, 3.8) is 0 Å². The van der Waals surface area contributed by atoms with Crippen LogP contribution in [0.15, 0.2) is 64.0 Å². The van der Waals surface area contributed by atoms with E-state index in [-0.39, 0.29) is 35.8 Å². The molecule has 3 aromatic rings. The van der Waals surface area contributed by atoms with Gasteiger partial charge in [0.15, 0.2) is 6.61 Å². The molecule has 0 radical (unpaired) electrons. The second-order valence-corrected chi connectivity index (χ2v) is 11.2. The Kier molecular flexibility index (Phi) is 9.37. The van der Waals surface area contributed by atoms with Crippen LogP contribution in [0.3, 0.4) is 0 Å². The van der Waals surface area contributed by atoms with Crippen molar-refractivity contribution in [2.24, 2.45) is 0 Å². The molecule has 1 aliphatic rings. The van der Waals surface area contributed by atoms with Gasteiger partial charge in [-0.25, -0.2) is 0 Å². The maximum atomic E-state index is 13.0. The zero-order chi connectivity index (χ0) is 28.1. The molecule has 1 fully saturated rings. The number of benzene rings is 3. The molecule has 3 aromatic carbocycles. The Hall–Kier alpha value is -3.27. The van der Waals surface area contributed by atoms with Crippen molar-refractivity contribution < 1.29 is 23.9 Å². The first-order valence-corrected chi connectivity index (χ1v) is 14.0. The van der Waals surface area contributed by atoms with Crippen molar-refractivity contribution in [1.82, 2.24) is 4.90 Å². The Labute approximate surface area is 244 Å². The molecule has 3 amide bonds. The van der Waals surface area contributed by atoms with E-state index in [4.69, 9.17) is 21.1 Å². The maximum absolute atomic E-state index is 13.0. The zero-order valence-corrected chi connectivity index (χ0v) is 24.7. The number of carbonyl (C=O) groups excluding carboxylic acids is 3. The normalized spacial score (nSPS) is 14.2. The summed E-state index contributed by atoms with van der Waals surface area (Å²) >= 11 is 10.4. The summed E-state index contributed by atoms with van der Waals surface area (Å²) in [6.45, 7) is 5.84. The molecule has 0 saturated carbocycles. The molecule has 0 aromatic heterocycles. The molecule has 7 nitrogen and oxygen atoms in total. The molecular weight excluding hydrogens is 604 g/mol. The minimum Gasteiger partial charge on any atom is -0.491 e. The van der Waals surface area contributed by atoms with Gasteiger partial charge in [-0.05, 0) is 91.7 Å². The first-order chi connectivity index (χ1) is 18.6. The highest BCUT2D eigenvalue weighted by Crippen LogP contribution is 2.35. The Morgan fingerprint density at radius 2 is 1.77 bits per heavy atom. The first-order valence-electron chi connectivity index (χ1n) is 12.0. The minimum absolute atomic E-state index is 0.125. The lowest BCUT2D eigenvalue weighted by molar-refractivity contribution is -0.123.